The highest BCUT2D eigenvalue weighted by atomic mass is 35.5. The van der Waals surface area contributed by atoms with Crippen molar-refractivity contribution in [1.82, 2.24) is 25.6 Å². The number of carboxylic acids is 1. The molecule has 0 aliphatic rings. The Labute approximate surface area is 436 Å². The van der Waals surface area contributed by atoms with Crippen LogP contribution in [0.15, 0.2) is 130 Å². The number of nitrogens with zero attached hydrogens (tertiary/aromatic N) is 3. The van der Waals surface area contributed by atoms with Crippen LogP contribution in [0.4, 0.5) is 0 Å². The summed E-state index contributed by atoms with van der Waals surface area (Å²) in [5.74, 6) is -0.339. The van der Waals surface area contributed by atoms with Crippen LogP contribution in [0.2, 0.25) is 0 Å². The molecule has 0 spiro atoms. The Hall–Kier alpha value is -8.45. The predicted molar refractivity (Wildman–Crippen MR) is 283 cm³/mol. The number of aliphatic carboxylic acids is 1. The number of fused-ring (bicyclic) bond motifs is 3. The lowest BCUT2D eigenvalue weighted by atomic mass is 10.1. The number of halogens is 2. The number of carboxylic acid groups (broad SMARTS) is 1. The second kappa shape index (κ2) is 36.5. The van der Waals surface area contributed by atoms with Crippen LogP contribution in [-0.4, -0.2) is 98.1 Å². The number of aldehydes is 1. The summed E-state index contributed by atoms with van der Waals surface area (Å²) in [5, 5.41) is 58.9. The first kappa shape index (κ1) is 61.7. The van der Waals surface area contributed by atoms with Gasteiger partial charge in [-0.15, -0.1) is 23.2 Å². The number of hydrogen-bond donors (Lipinski definition) is 10. The number of nitriles is 2. The number of aliphatic hydroxyl groups is 3. The summed E-state index contributed by atoms with van der Waals surface area (Å²) in [6.45, 7) is 6.86. The van der Waals surface area contributed by atoms with Gasteiger partial charge >= 0.3 is 12.5 Å². The molecule has 3 aromatic carbocycles. The Bertz CT molecular complexity index is 3100. The molecule has 5 heterocycles. The molecule has 2 amide bonds. The summed E-state index contributed by atoms with van der Waals surface area (Å²) in [6.07, 6.45) is 10.2. The van der Waals surface area contributed by atoms with E-state index in [1.54, 1.807) is 18.2 Å². The lowest BCUT2D eigenvalue weighted by molar-refractivity contribution is -0.134. The van der Waals surface area contributed by atoms with E-state index in [0.717, 1.165) is 41.9 Å². The van der Waals surface area contributed by atoms with Crippen molar-refractivity contribution < 1.29 is 48.4 Å². The molecule has 388 valence electrons. The van der Waals surface area contributed by atoms with Crippen molar-refractivity contribution >= 4 is 86.1 Å². The summed E-state index contributed by atoms with van der Waals surface area (Å²) in [4.78, 5) is 54.8. The van der Waals surface area contributed by atoms with Gasteiger partial charge in [0.1, 0.15) is 48.6 Å². The number of nitrogens with one attached hydrogen (secondary N) is 5. The Kier molecular flexibility index (Phi) is 30.4. The first-order valence-electron chi connectivity index (χ1n) is 22.3. The highest BCUT2D eigenvalue weighted by Gasteiger charge is 2.11. The van der Waals surface area contributed by atoms with Gasteiger partial charge in [0.25, 0.3) is 5.91 Å². The number of amides is 2. The molecule has 5 aromatic heterocycles. The van der Waals surface area contributed by atoms with Crippen LogP contribution < -0.4 is 16.4 Å². The van der Waals surface area contributed by atoms with Crippen molar-refractivity contribution in [2.45, 2.75) is 38.9 Å². The van der Waals surface area contributed by atoms with E-state index in [1.165, 1.54) is 39.6 Å². The maximum absolute atomic E-state index is 12.1. The summed E-state index contributed by atoms with van der Waals surface area (Å²) in [6, 6.07) is 34.3. The van der Waals surface area contributed by atoms with Crippen molar-refractivity contribution in [2.24, 2.45) is 5.73 Å². The zero-order valence-electron chi connectivity index (χ0n) is 40.3. The number of rotatable bonds is 15. The van der Waals surface area contributed by atoms with Crippen LogP contribution in [0.25, 0.3) is 43.6 Å². The molecule has 11 N–H and O–H groups in total. The quantitative estimate of drug-likeness (QED) is 0.0156. The van der Waals surface area contributed by atoms with Gasteiger partial charge in [0.05, 0.1) is 11.4 Å². The third-order valence-corrected chi connectivity index (χ3v) is 9.73. The van der Waals surface area contributed by atoms with E-state index in [2.05, 4.69) is 54.7 Å². The normalized spacial score (nSPS) is 9.92. The number of H-pyrrole nitrogens is 3. The van der Waals surface area contributed by atoms with Gasteiger partial charge in [0, 0.05) is 77.6 Å². The van der Waals surface area contributed by atoms with E-state index in [9.17, 15) is 24.4 Å². The number of alkyl halides is 2. The minimum absolute atomic E-state index is 0.0437. The molecule has 0 fully saturated rings. The molecule has 8 rings (SSSR count). The lowest BCUT2D eigenvalue weighted by Gasteiger charge is -2.03. The molecular weight excluding hydrogens is 994 g/mol. The van der Waals surface area contributed by atoms with Gasteiger partial charge in [-0.25, -0.2) is 11.4 Å². The largest absolute Gasteiger partial charge is 0.476 e. The fourth-order valence-corrected chi connectivity index (χ4v) is 6.51. The van der Waals surface area contributed by atoms with E-state index >= 15 is 0 Å². The number of hydrogen-bond acceptors (Lipinski definition) is 12. The smallest absolute Gasteiger partial charge is 0.384 e. The van der Waals surface area contributed by atoms with Gasteiger partial charge in [-0.2, -0.15) is 10.5 Å². The maximum atomic E-state index is 12.1. The van der Waals surface area contributed by atoms with Crippen LogP contribution in [-0.2, 0) is 46.9 Å². The summed E-state index contributed by atoms with van der Waals surface area (Å²) < 4.78 is 10.0. The van der Waals surface area contributed by atoms with Gasteiger partial charge in [-0.3, -0.25) is 14.4 Å². The molecule has 0 atom stereocenters. The average Bonchev–Trinajstić information content (AvgIpc) is 4.29. The van der Waals surface area contributed by atoms with Crippen LogP contribution in [0.1, 0.15) is 50.9 Å². The first-order chi connectivity index (χ1) is 36.0. The van der Waals surface area contributed by atoms with Crippen LogP contribution >= 0.6 is 23.2 Å². The Morgan fingerprint density at radius 3 is 1.51 bits per heavy atom. The summed E-state index contributed by atoms with van der Waals surface area (Å²) in [7, 11) is 1.00. The van der Waals surface area contributed by atoms with Gasteiger partial charge in [-0.1, -0.05) is 54.6 Å². The fraction of sp³-hybridized carbons (Fsp3) is 0.226. The third-order valence-electron chi connectivity index (χ3n) is 9.73. The van der Waals surface area contributed by atoms with E-state index in [-0.39, 0.29) is 42.2 Å². The van der Waals surface area contributed by atoms with Crippen LogP contribution in [0.3, 0.4) is 0 Å². The molecular formula is C53H57Cl2N9O10. The molecule has 0 saturated heterocycles. The summed E-state index contributed by atoms with van der Waals surface area (Å²) in [5.41, 5.74) is 12.4. The highest BCUT2D eigenvalue weighted by molar-refractivity contribution is 6.40. The van der Waals surface area contributed by atoms with Gasteiger partial charge in [0.15, 0.2) is 12.0 Å². The molecule has 0 unspecified atom stereocenters. The standard InChI is InChI=1S/C19H17N3O3.C13H13N3O.C10H12N2.C6H6O3.C3H3NO2.CH2Cl2.CH4O/c20-10-14(9-15-5-6-16(12-23)25-15)19(24)21-8-7-13-11-22-18-4-2-1-3-17(13)18;14-7-5-13(17)15-8-6-10-9-16-12-4-2-1-3-11(10)12;11-6-5-8-7-12-10-4-2-1-3-9(8)10;7-3-5-1-2-6(4-8)9-5;1-4-2-3(5)6;2-1-3;1-2/h1-6,9,11,22-23H,7-8,12H2,(H,21,24);1-4,9,16H,5-6,8H2,(H,15,17);1-4,7,12H,5-6,11H2;1-3,8H,4H2;2H2,(H,5,6);1H2;2H,1H3/b14-9+;;;;;;. The van der Waals surface area contributed by atoms with E-state index in [4.69, 9.17) is 70.0 Å². The third kappa shape index (κ3) is 21.9. The number of furan rings is 2. The van der Waals surface area contributed by atoms with Crippen molar-refractivity contribution in [3.8, 4) is 12.1 Å². The second-order valence-electron chi connectivity index (χ2n) is 14.6. The van der Waals surface area contributed by atoms with Crippen LogP contribution in [0.5, 0.6) is 0 Å². The van der Waals surface area contributed by atoms with Gasteiger partial charge in [0.2, 0.25) is 5.91 Å². The number of aromatic nitrogens is 3. The average molecular weight is 1050 g/mol. The van der Waals surface area contributed by atoms with Crippen molar-refractivity contribution in [2.75, 3.05) is 38.6 Å². The predicted octanol–water partition coefficient (Wildman–Crippen LogP) is 7.53. The molecule has 8 aromatic rings. The van der Waals surface area contributed by atoms with Crippen molar-refractivity contribution in [3.05, 3.63) is 172 Å². The van der Waals surface area contributed by atoms with Crippen LogP contribution in [0, 0.1) is 29.2 Å². The molecule has 21 heteroatoms. The van der Waals surface area contributed by atoms with E-state index in [0.29, 0.717) is 49.6 Å². The number of aliphatic hydroxyl groups excluding tert-OH is 3. The number of carbonyl (C=O) groups is 4. The number of para-hydroxylation sites is 3. The Balaban J connectivity index is 0.000000333. The topological polar surface area (TPSA) is 325 Å². The van der Waals surface area contributed by atoms with Crippen molar-refractivity contribution in [1.29, 1.82) is 10.5 Å². The summed E-state index contributed by atoms with van der Waals surface area (Å²) >= 11 is 9.53. The van der Waals surface area contributed by atoms with Gasteiger partial charge in [-0.05, 0) is 85.0 Å². The second-order valence-corrected chi connectivity index (χ2v) is 15.4. The first-order valence-corrected chi connectivity index (χ1v) is 23.4. The molecule has 0 radical (unpaired) electrons. The highest BCUT2D eigenvalue weighted by Crippen LogP contribution is 2.20. The minimum atomic E-state index is -1.06. The number of nitrogens with two attached hydrogens (primary N) is 1. The molecule has 19 nitrogen and oxygen atoms in total. The molecule has 0 bridgehead atoms. The molecule has 74 heavy (non-hydrogen) atoms. The number of aromatic amines is 3. The zero-order chi connectivity index (χ0) is 54.5. The Morgan fingerprint density at radius 2 is 1.15 bits per heavy atom. The fourth-order valence-electron chi connectivity index (χ4n) is 6.51. The molecule has 0 saturated carbocycles. The van der Waals surface area contributed by atoms with Crippen molar-refractivity contribution in [3.63, 3.8) is 0 Å². The monoisotopic (exact) mass is 1050 g/mol. The number of benzene rings is 3. The lowest BCUT2D eigenvalue weighted by Crippen LogP contribution is -2.26. The van der Waals surface area contributed by atoms with Gasteiger partial charge < -0.3 is 65.4 Å². The van der Waals surface area contributed by atoms with E-state index < -0.39 is 18.4 Å². The zero-order valence-corrected chi connectivity index (χ0v) is 41.8. The molecule has 0 aliphatic carbocycles. The molecule has 0 aliphatic heterocycles. The Morgan fingerprint density at radius 1 is 0.716 bits per heavy atom. The maximum Gasteiger partial charge on any atom is 0.384 e. The minimum Gasteiger partial charge on any atom is -0.476 e. The SMILES string of the molecule is CO.ClCCl.N#C/C(=C\c1ccc(CO)o1)C(=O)NCCc1c[nH]c2ccccc12.N#CCC(=O)NCCc1c[nH]c2ccccc12.NCCc1c[nH]c2ccccc12.O=Cc1ccc(CO)o1.[C-]#[N+]CC(=O)O. The van der Waals surface area contributed by atoms with E-state index in [1.807, 2.05) is 79.3 Å². The number of carbonyl (C=O) groups excluding carboxylic acids is 3.